The van der Waals surface area contributed by atoms with Crippen LogP contribution in [0.5, 0.6) is 0 Å². The zero-order valence-corrected chi connectivity index (χ0v) is 18.1. The van der Waals surface area contributed by atoms with Crippen molar-refractivity contribution in [1.82, 2.24) is 19.7 Å². The Morgan fingerprint density at radius 2 is 1.60 bits per heavy atom. The Kier molecular flexibility index (Phi) is 7.19. The molecule has 156 valence electrons. The molecule has 6 heteroatoms. The van der Waals surface area contributed by atoms with Crippen molar-refractivity contribution in [3.05, 3.63) is 72.1 Å². The van der Waals surface area contributed by atoms with Gasteiger partial charge in [-0.05, 0) is 43.4 Å². The van der Waals surface area contributed by atoms with Gasteiger partial charge in [-0.25, -0.2) is 0 Å². The first-order valence-corrected chi connectivity index (χ1v) is 11.7. The molecule has 2 aromatic carbocycles. The number of likely N-dealkylation sites (tertiary alicyclic amines) is 1. The van der Waals surface area contributed by atoms with Crippen molar-refractivity contribution in [3.63, 3.8) is 0 Å². The van der Waals surface area contributed by atoms with E-state index < -0.39 is 0 Å². The molecule has 4 rings (SSSR count). The first kappa shape index (κ1) is 20.7. The van der Waals surface area contributed by atoms with E-state index in [1.807, 2.05) is 41.3 Å². The van der Waals surface area contributed by atoms with E-state index >= 15 is 0 Å². The second-order valence-electron chi connectivity index (χ2n) is 7.63. The largest absolute Gasteiger partial charge is 0.343 e. The van der Waals surface area contributed by atoms with Gasteiger partial charge in [0.25, 0.3) is 0 Å². The van der Waals surface area contributed by atoms with E-state index in [1.54, 1.807) is 11.8 Å². The van der Waals surface area contributed by atoms with Gasteiger partial charge in [0.05, 0.1) is 0 Å². The molecule has 0 radical (unpaired) electrons. The maximum absolute atomic E-state index is 12.4. The van der Waals surface area contributed by atoms with E-state index in [0.717, 1.165) is 61.2 Å². The van der Waals surface area contributed by atoms with Gasteiger partial charge in [-0.15, -0.1) is 10.2 Å². The average molecular weight is 421 g/mol. The fraction of sp³-hybridized carbons (Fsp3) is 0.375. The van der Waals surface area contributed by atoms with Gasteiger partial charge in [0.2, 0.25) is 5.91 Å². The van der Waals surface area contributed by atoms with Crippen molar-refractivity contribution >= 4 is 17.7 Å². The third-order valence-electron chi connectivity index (χ3n) is 5.39. The number of nitrogens with zero attached hydrogens (tertiary/aromatic N) is 4. The smallest absolute Gasteiger partial charge is 0.222 e. The number of aromatic nitrogens is 3. The summed E-state index contributed by atoms with van der Waals surface area (Å²) in [5, 5.41) is 9.85. The van der Waals surface area contributed by atoms with Gasteiger partial charge in [0, 0.05) is 37.4 Å². The molecule has 3 aromatic rings. The van der Waals surface area contributed by atoms with E-state index in [2.05, 4.69) is 39.0 Å². The lowest BCUT2D eigenvalue weighted by Crippen LogP contribution is -2.35. The molecule has 0 bridgehead atoms. The van der Waals surface area contributed by atoms with E-state index in [1.165, 1.54) is 12.0 Å². The maximum atomic E-state index is 12.4. The standard InChI is InChI=1S/C24H28N4OS/c29-23(27-16-8-3-9-17-27)15-10-18-30-24-26-25-22(19-20-11-4-1-5-12-20)28(24)21-13-6-2-7-14-21/h1-2,4-7,11-14H,3,8-10,15-19H2. The van der Waals surface area contributed by atoms with Gasteiger partial charge in [-0.3, -0.25) is 9.36 Å². The summed E-state index contributed by atoms with van der Waals surface area (Å²) in [5.41, 5.74) is 2.28. The molecule has 1 saturated heterocycles. The highest BCUT2D eigenvalue weighted by Crippen LogP contribution is 2.24. The van der Waals surface area contributed by atoms with Crippen LogP contribution >= 0.6 is 11.8 Å². The van der Waals surface area contributed by atoms with Crippen molar-refractivity contribution in [1.29, 1.82) is 0 Å². The second kappa shape index (κ2) is 10.4. The van der Waals surface area contributed by atoms with Crippen LogP contribution in [0, 0.1) is 0 Å². The van der Waals surface area contributed by atoms with Gasteiger partial charge in [0.1, 0.15) is 5.82 Å². The summed E-state index contributed by atoms with van der Waals surface area (Å²) in [7, 11) is 0. The molecule has 1 fully saturated rings. The van der Waals surface area contributed by atoms with Crippen molar-refractivity contribution in [2.45, 2.75) is 43.7 Å². The van der Waals surface area contributed by atoms with Crippen LogP contribution in [-0.2, 0) is 11.2 Å². The number of rotatable bonds is 8. The van der Waals surface area contributed by atoms with Gasteiger partial charge < -0.3 is 4.90 Å². The van der Waals surface area contributed by atoms with E-state index in [-0.39, 0.29) is 0 Å². The van der Waals surface area contributed by atoms with Crippen LogP contribution < -0.4 is 0 Å². The SMILES string of the molecule is O=C(CCCSc1nnc(Cc2ccccc2)n1-c1ccccc1)N1CCCCC1. The number of amides is 1. The van der Waals surface area contributed by atoms with E-state index in [0.29, 0.717) is 12.3 Å². The number of carbonyl (C=O) groups excluding carboxylic acids is 1. The monoisotopic (exact) mass is 420 g/mol. The zero-order chi connectivity index (χ0) is 20.6. The normalized spacial score (nSPS) is 14.1. The number of benzene rings is 2. The molecule has 0 unspecified atom stereocenters. The summed E-state index contributed by atoms with van der Waals surface area (Å²) < 4.78 is 2.14. The molecule has 1 aliphatic rings. The minimum Gasteiger partial charge on any atom is -0.343 e. The molecule has 0 N–H and O–H groups in total. The summed E-state index contributed by atoms with van der Waals surface area (Å²) in [4.78, 5) is 14.4. The van der Waals surface area contributed by atoms with Crippen molar-refractivity contribution in [3.8, 4) is 5.69 Å². The Morgan fingerprint density at radius 1 is 0.900 bits per heavy atom. The maximum Gasteiger partial charge on any atom is 0.222 e. The number of para-hydroxylation sites is 1. The fourth-order valence-electron chi connectivity index (χ4n) is 3.81. The van der Waals surface area contributed by atoms with Gasteiger partial charge in [0.15, 0.2) is 5.16 Å². The topological polar surface area (TPSA) is 51.0 Å². The van der Waals surface area contributed by atoms with Crippen molar-refractivity contribution in [2.75, 3.05) is 18.8 Å². The zero-order valence-electron chi connectivity index (χ0n) is 17.2. The average Bonchev–Trinajstić information content (AvgIpc) is 3.20. The predicted molar refractivity (Wildman–Crippen MR) is 121 cm³/mol. The van der Waals surface area contributed by atoms with Crippen LogP contribution in [0.2, 0.25) is 0 Å². The van der Waals surface area contributed by atoms with Gasteiger partial charge in [-0.2, -0.15) is 0 Å². The molecule has 2 heterocycles. The molecule has 0 spiro atoms. The highest BCUT2D eigenvalue weighted by molar-refractivity contribution is 7.99. The lowest BCUT2D eigenvalue weighted by molar-refractivity contribution is -0.132. The second-order valence-corrected chi connectivity index (χ2v) is 8.69. The third kappa shape index (κ3) is 5.30. The van der Waals surface area contributed by atoms with Gasteiger partial charge in [-0.1, -0.05) is 60.3 Å². The molecule has 1 amide bonds. The van der Waals surface area contributed by atoms with Crippen LogP contribution in [0.4, 0.5) is 0 Å². The molecule has 5 nitrogen and oxygen atoms in total. The highest BCUT2D eigenvalue weighted by Gasteiger charge is 2.17. The Morgan fingerprint density at radius 3 is 2.33 bits per heavy atom. The third-order valence-corrected chi connectivity index (χ3v) is 6.41. The predicted octanol–water partition coefficient (Wildman–Crippen LogP) is 4.74. The van der Waals surface area contributed by atoms with Crippen LogP contribution in [0.15, 0.2) is 65.8 Å². The molecule has 1 aliphatic heterocycles. The Balaban J connectivity index is 1.41. The summed E-state index contributed by atoms with van der Waals surface area (Å²) >= 11 is 1.68. The summed E-state index contributed by atoms with van der Waals surface area (Å²) in [5.74, 6) is 2.08. The Hall–Kier alpha value is -2.60. The molecular formula is C24H28N4OS. The van der Waals surface area contributed by atoms with Crippen LogP contribution in [0.3, 0.4) is 0 Å². The number of hydrogen-bond donors (Lipinski definition) is 0. The Labute approximate surface area is 182 Å². The fourth-order valence-corrected chi connectivity index (χ4v) is 4.72. The van der Waals surface area contributed by atoms with Crippen LogP contribution in [0.25, 0.3) is 5.69 Å². The number of hydrogen-bond acceptors (Lipinski definition) is 4. The molecule has 30 heavy (non-hydrogen) atoms. The molecule has 0 atom stereocenters. The van der Waals surface area contributed by atoms with E-state index in [4.69, 9.17) is 0 Å². The van der Waals surface area contributed by atoms with E-state index in [9.17, 15) is 4.79 Å². The first-order chi connectivity index (χ1) is 14.8. The highest BCUT2D eigenvalue weighted by atomic mass is 32.2. The molecular weight excluding hydrogens is 392 g/mol. The minimum atomic E-state index is 0.296. The molecule has 0 aliphatic carbocycles. The summed E-state index contributed by atoms with van der Waals surface area (Å²) in [6.07, 6.45) is 5.74. The van der Waals surface area contributed by atoms with Crippen molar-refractivity contribution < 1.29 is 4.79 Å². The Bertz CT molecular complexity index is 936. The minimum absolute atomic E-state index is 0.296. The number of piperidine rings is 1. The van der Waals surface area contributed by atoms with Crippen LogP contribution in [0.1, 0.15) is 43.5 Å². The number of carbonyl (C=O) groups is 1. The lowest BCUT2D eigenvalue weighted by atomic mass is 10.1. The number of thioether (sulfide) groups is 1. The summed E-state index contributed by atoms with van der Waals surface area (Å²) in [6, 6.07) is 20.6. The summed E-state index contributed by atoms with van der Waals surface area (Å²) in [6.45, 7) is 1.86. The molecule has 0 saturated carbocycles. The molecule has 1 aromatic heterocycles. The lowest BCUT2D eigenvalue weighted by Gasteiger charge is -2.26. The quantitative estimate of drug-likeness (QED) is 0.390. The van der Waals surface area contributed by atoms with Gasteiger partial charge >= 0.3 is 0 Å². The van der Waals surface area contributed by atoms with Crippen LogP contribution in [-0.4, -0.2) is 44.4 Å². The van der Waals surface area contributed by atoms with Crippen molar-refractivity contribution in [2.24, 2.45) is 0 Å². The first-order valence-electron chi connectivity index (χ1n) is 10.8.